The number of fused-ring (bicyclic) bond motifs is 1. The molecule has 0 radical (unpaired) electrons. The summed E-state index contributed by atoms with van der Waals surface area (Å²) >= 11 is 3.20. The fraction of sp³-hybridized carbons (Fsp3) is 0.200. The van der Waals surface area contributed by atoms with Gasteiger partial charge in [0.15, 0.2) is 10.1 Å². The molecule has 3 rings (SSSR count). The van der Waals surface area contributed by atoms with Crippen LogP contribution in [0.15, 0.2) is 50.3 Å². The Labute approximate surface area is 163 Å². The van der Waals surface area contributed by atoms with Crippen LogP contribution in [0.3, 0.4) is 0 Å². The van der Waals surface area contributed by atoms with Crippen LogP contribution >= 0.6 is 15.9 Å². The van der Waals surface area contributed by atoms with E-state index in [1.54, 1.807) is 12.1 Å². The van der Waals surface area contributed by atoms with E-state index in [1.165, 1.54) is 25.3 Å². The predicted octanol–water partition coefficient (Wildman–Crippen LogP) is 4.96. The summed E-state index contributed by atoms with van der Waals surface area (Å²) in [6.45, 7) is 3.71. The Hall–Kier alpha value is -2.67. The fourth-order valence-electron chi connectivity index (χ4n) is 2.99. The number of methoxy groups -OCH3 is 1. The molecule has 27 heavy (non-hydrogen) atoms. The molecule has 0 spiro atoms. The number of halogens is 2. The normalized spacial score (nSPS) is 12.0. The quantitative estimate of drug-likeness (QED) is 0.588. The summed E-state index contributed by atoms with van der Waals surface area (Å²) in [5.74, 6) is -1.45. The van der Waals surface area contributed by atoms with Gasteiger partial charge in [-0.05, 0) is 53.5 Å². The third-order valence-corrected chi connectivity index (χ3v) is 4.60. The molecule has 1 aromatic heterocycles. The number of hydrogen-bond donors (Lipinski definition) is 1. The van der Waals surface area contributed by atoms with Crippen LogP contribution < -0.4 is 10.7 Å². The molecule has 7 heteroatoms. The maximum Gasteiger partial charge on any atom is 0.342 e. The predicted molar refractivity (Wildman–Crippen MR) is 105 cm³/mol. The summed E-state index contributed by atoms with van der Waals surface area (Å²) in [7, 11) is 1.20. The Morgan fingerprint density at radius 3 is 2.74 bits per heavy atom. The Kier molecular flexibility index (Phi) is 5.32. The molecule has 0 saturated heterocycles. The Balaban J connectivity index is 2.11. The van der Waals surface area contributed by atoms with Gasteiger partial charge in [0.2, 0.25) is 0 Å². The summed E-state index contributed by atoms with van der Waals surface area (Å²) < 4.78 is 24.9. The molecule has 0 amide bonds. The van der Waals surface area contributed by atoms with E-state index >= 15 is 0 Å². The van der Waals surface area contributed by atoms with Crippen molar-refractivity contribution in [3.8, 4) is 0 Å². The molecule has 0 aliphatic carbocycles. The maximum absolute atomic E-state index is 14.2. The molecule has 0 fully saturated rings. The minimum absolute atomic E-state index is 0.165. The topological polar surface area (TPSA) is 68.5 Å². The van der Waals surface area contributed by atoms with Crippen molar-refractivity contribution >= 4 is 38.6 Å². The molecule has 1 atom stereocenters. The van der Waals surface area contributed by atoms with E-state index in [2.05, 4.69) is 26.0 Å². The van der Waals surface area contributed by atoms with Gasteiger partial charge in [-0.15, -0.1) is 0 Å². The molecule has 3 aromatic rings. The summed E-state index contributed by atoms with van der Waals surface area (Å²) in [6, 6.07) is 8.91. The first-order valence-electron chi connectivity index (χ1n) is 8.19. The van der Waals surface area contributed by atoms with E-state index in [0.29, 0.717) is 26.9 Å². The van der Waals surface area contributed by atoms with Crippen molar-refractivity contribution in [2.24, 2.45) is 0 Å². The second-order valence-corrected chi connectivity index (χ2v) is 6.95. The van der Waals surface area contributed by atoms with Crippen LogP contribution in [0.1, 0.15) is 34.5 Å². The average Bonchev–Trinajstić information content (AvgIpc) is 2.61. The van der Waals surface area contributed by atoms with Gasteiger partial charge in [-0.2, -0.15) is 0 Å². The van der Waals surface area contributed by atoms with Crippen LogP contribution in [-0.4, -0.2) is 13.1 Å². The van der Waals surface area contributed by atoms with E-state index < -0.39 is 11.8 Å². The van der Waals surface area contributed by atoms with Crippen LogP contribution in [0, 0.1) is 12.7 Å². The lowest BCUT2D eigenvalue weighted by molar-refractivity contribution is 0.0596. The minimum Gasteiger partial charge on any atom is -0.465 e. The lowest BCUT2D eigenvalue weighted by Crippen LogP contribution is -2.14. The highest BCUT2D eigenvalue weighted by Crippen LogP contribution is 2.30. The lowest BCUT2D eigenvalue weighted by Gasteiger charge is -2.19. The van der Waals surface area contributed by atoms with Crippen LogP contribution in [0.5, 0.6) is 0 Å². The number of nitrogens with one attached hydrogen (secondary N) is 1. The second-order valence-electron chi connectivity index (χ2n) is 6.17. The molecule has 140 valence electrons. The SMILES string of the molecule is COC(=O)c1c(F)cccc1N[C@H](C)c1cc(C)cc2c(=O)cc(Br)oc12. The number of esters is 1. The van der Waals surface area contributed by atoms with Crippen molar-refractivity contribution in [2.75, 3.05) is 12.4 Å². The molecule has 2 aromatic carbocycles. The highest BCUT2D eigenvalue weighted by atomic mass is 79.9. The van der Waals surface area contributed by atoms with Gasteiger partial charge in [-0.3, -0.25) is 4.79 Å². The molecular weight excluding hydrogens is 417 g/mol. The summed E-state index contributed by atoms with van der Waals surface area (Å²) in [5, 5.41) is 3.58. The number of benzene rings is 2. The molecule has 0 bridgehead atoms. The number of ether oxygens (including phenoxy) is 1. The zero-order chi connectivity index (χ0) is 19.7. The summed E-state index contributed by atoms with van der Waals surface area (Å²) in [6.07, 6.45) is 0. The van der Waals surface area contributed by atoms with Gasteiger partial charge in [0.05, 0.1) is 24.2 Å². The Morgan fingerprint density at radius 1 is 1.30 bits per heavy atom. The average molecular weight is 434 g/mol. The molecule has 5 nitrogen and oxygen atoms in total. The molecular formula is C20H17BrFNO4. The second kappa shape index (κ2) is 7.52. The largest absolute Gasteiger partial charge is 0.465 e. The number of carbonyl (C=O) groups is 1. The van der Waals surface area contributed by atoms with E-state index in [0.717, 1.165) is 5.56 Å². The van der Waals surface area contributed by atoms with E-state index in [1.807, 2.05) is 19.9 Å². The number of hydrogen-bond acceptors (Lipinski definition) is 5. The first-order valence-corrected chi connectivity index (χ1v) is 8.98. The summed E-state index contributed by atoms with van der Waals surface area (Å²) in [4.78, 5) is 24.3. The molecule has 0 aliphatic rings. The van der Waals surface area contributed by atoms with Gasteiger partial charge in [0, 0.05) is 11.6 Å². The van der Waals surface area contributed by atoms with Gasteiger partial charge in [-0.25, -0.2) is 9.18 Å². The van der Waals surface area contributed by atoms with Crippen molar-refractivity contribution in [1.29, 1.82) is 0 Å². The summed E-state index contributed by atoms with van der Waals surface area (Å²) in [5.41, 5.74) is 1.97. The fourth-order valence-corrected chi connectivity index (χ4v) is 3.36. The van der Waals surface area contributed by atoms with Crippen molar-refractivity contribution in [2.45, 2.75) is 19.9 Å². The molecule has 0 unspecified atom stereocenters. The number of rotatable bonds is 4. The highest BCUT2D eigenvalue weighted by molar-refractivity contribution is 9.10. The highest BCUT2D eigenvalue weighted by Gasteiger charge is 2.21. The van der Waals surface area contributed by atoms with Gasteiger partial charge in [-0.1, -0.05) is 12.1 Å². The van der Waals surface area contributed by atoms with Crippen molar-refractivity contribution in [3.63, 3.8) is 0 Å². The van der Waals surface area contributed by atoms with Gasteiger partial charge in [0.25, 0.3) is 0 Å². The van der Waals surface area contributed by atoms with Crippen LogP contribution in [0.2, 0.25) is 0 Å². The number of anilines is 1. The monoisotopic (exact) mass is 433 g/mol. The van der Waals surface area contributed by atoms with Crippen LogP contribution in [0.4, 0.5) is 10.1 Å². The minimum atomic E-state index is -0.772. The van der Waals surface area contributed by atoms with Gasteiger partial charge in [0.1, 0.15) is 17.0 Å². The molecule has 0 aliphatic heterocycles. The standard InChI is InChI=1S/C20H17BrFNO4/c1-10-7-12(19-13(8-10)16(24)9-17(21)27-19)11(2)23-15-6-4-5-14(22)18(15)20(25)26-3/h4-9,11,23H,1-3H3/t11-/m1/s1. The Morgan fingerprint density at radius 2 is 2.04 bits per heavy atom. The molecule has 1 heterocycles. The number of carbonyl (C=O) groups excluding carboxylic acids is 1. The number of aryl methyl sites for hydroxylation is 1. The smallest absolute Gasteiger partial charge is 0.342 e. The van der Waals surface area contributed by atoms with Crippen molar-refractivity contribution in [1.82, 2.24) is 0 Å². The molecule has 0 saturated carbocycles. The third kappa shape index (κ3) is 3.73. The first-order chi connectivity index (χ1) is 12.8. The van der Waals surface area contributed by atoms with Crippen LogP contribution in [-0.2, 0) is 4.74 Å². The maximum atomic E-state index is 14.2. The van der Waals surface area contributed by atoms with Gasteiger partial charge < -0.3 is 14.5 Å². The van der Waals surface area contributed by atoms with E-state index in [4.69, 9.17) is 4.42 Å². The van der Waals surface area contributed by atoms with Crippen molar-refractivity contribution in [3.05, 3.63) is 73.8 Å². The van der Waals surface area contributed by atoms with E-state index in [9.17, 15) is 14.0 Å². The first kappa shape index (κ1) is 19.1. The van der Waals surface area contributed by atoms with Gasteiger partial charge >= 0.3 is 5.97 Å². The lowest BCUT2D eigenvalue weighted by atomic mass is 10.0. The molecule has 1 N–H and O–H groups in total. The zero-order valence-corrected chi connectivity index (χ0v) is 16.5. The van der Waals surface area contributed by atoms with Crippen LogP contribution in [0.25, 0.3) is 11.0 Å². The third-order valence-electron chi connectivity index (χ3n) is 4.21. The van der Waals surface area contributed by atoms with Crippen molar-refractivity contribution < 1.29 is 18.3 Å². The Bertz CT molecular complexity index is 1090. The zero-order valence-electron chi connectivity index (χ0n) is 14.9. The van der Waals surface area contributed by atoms with E-state index in [-0.39, 0.29) is 17.0 Å².